The number of methoxy groups -OCH3 is 1. The van der Waals surface area contributed by atoms with Gasteiger partial charge in [0.05, 0.1) is 6.61 Å². The van der Waals surface area contributed by atoms with Crippen molar-refractivity contribution in [3.05, 3.63) is 40.1 Å². The zero-order chi connectivity index (χ0) is 13.8. The average Bonchev–Trinajstić information content (AvgIpc) is 2.79. The molecule has 0 aliphatic carbocycles. The monoisotopic (exact) mass is 299 g/mol. The van der Waals surface area contributed by atoms with Gasteiger partial charge in [-0.3, -0.25) is 4.79 Å². The Morgan fingerprint density at radius 3 is 2.63 bits per heavy atom. The number of carbonyl (C=O) groups is 1. The fourth-order valence-corrected chi connectivity index (χ4v) is 1.99. The number of hydrogen-bond acceptors (Lipinski definition) is 4. The van der Waals surface area contributed by atoms with Gasteiger partial charge in [-0.15, -0.1) is 0 Å². The fraction of sp³-hybridized carbons (Fsp3) is 0.231. The van der Waals surface area contributed by atoms with Gasteiger partial charge in [0.15, 0.2) is 5.78 Å². The number of nitrogens with zero attached hydrogens (tertiary/aromatic N) is 1. The molecule has 0 saturated heterocycles. The van der Waals surface area contributed by atoms with Crippen LogP contribution in [0.5, 0.6) is 0 Å². The third-order valence-corrected chi connectivity index (χ3v) is 3.09. The summed E-state index contributed by atoms with van der Waals surface area (Å²) in [7, 11) is 1.53. The van der Waals surface area contributed by atoms with Crippen molar-refractivity contribution in [2.24, 2.45) is 0 Å². The van der Waals surface area contributed by atoms with Crippen molar-refractivity contribution in [2.45, 2.75) is 6.42 Å². The molecule has 1 aromatic heterocycles. The number of carbonyl (C=O) groups excluding carboxylic acids is 1. The molecule has 1 aromatic carbocycles. The van der Waals surface area contributed by atoms with Gasteiger partial charge >= 0.3 is 0 Å². The normalized spacial score (nSPS) is 10.7. The Morgan fingerprint density at radius 1 is 1.32 bits per heavy atom. The maximum absolute atomic E-state index is 12.1. The van der Waals surface area contributed by atoms with Crippen molar-refractivity contribution in [2.75, 3.05) is 13.7 Å². The van der Waals surface area contributed by atoms with Gasteiger partial charge in [-0.05, 0) is 23.7 Å². The Balaban J connectivity index is 2.37. The molecule has 100 valence electrons. The molecule has 6 heteroatoms. The number of hydrogen-bond donors (Lipinski definition) is 0. The molecule has 0 amide bonds. The Kier molecular flexibility index (Phi) is 4.58. The minimum absolute atomic E-state index is 0.00828. The maximum atomic E-state index is 12.1. The Bertz CT molecular complexity index is 578. The molecule has 0 N–H and O–H groups in total. The van der Waals surface area contributed by atoms with Crippen LogP contribution in [0.2, 0.25) is 10.2 Å². The second-order valence-corrected chi connectivity index (χ2v) is 4.63. The van der Waals surface area contributed by atoms with Crippen LogP contribution in [-0.4, -0.2) is 24.7 Å². The van der Waals surface area contributed by atoms with E-state index in [9.17, 15) is 4.79 Å². The number of Topliss-reactive ketones (excluding diaryl/α,β-unsaturated/α-hetero) is 1. The van der Waals surface area contributed by atoms with Crippen molar-refractivity contribution in [1.82, 2.24) is 5.16 Å². The van der Waals surface area contributed by atoms with Gasteiger partial charge in [-0.25, -0.2) is 0 Å². The minimum atomic E-state index is -0.168. The van der Waals surface area contributed by atoms with E-state index >= 15 is 0 Å². The second-order valence-electron chi connectivity index (χ2n) is 3.85. The smallest absolute Gasteiger partial charge is 0.237 e. The predicted octanol–water partition coefficient (Wildman–Crippen LogP) is 3.87. The Hall–Kier alpha value is -1.36. The summed E-state index contributed by atoms with van der Waals surface area (Å²) >= 11 is 11.7. The van der Waals surface area contributed by atoms with Crippen molar-refractivity contribution in [3.8, 4) is 11.3 Å². The van der Waals surface area contributed by atoms with E-state index in [-0.39, 0.29) is 23.0 Å². The summed E-state index contributed by atoms with van der Waals surface area (Å²) in [6.45, 7) is 0.320. The van der Waals surface area contributed by atoms with Crippen LogP contribution >= 0.6 is 23.2 Å². The zero-order valence-corrected chi connectivity index (χ0v) is 11.7. The van der Waals surface area contributed by atoms with E-state index < -0.39 is 0 Å². The van der Waals surface area contributed by atoms with E-state index in [1.165, 1.54) is 7.11 Å². The van der Waals surface area contributed by atoms with Crippen LogP contribution in [0, 0.1) is 0 Å². The van der Waals surface area contributed by atoms with E-state index in [1.807, 2.05) is 0 Å². The van der Waals surface area contributed by atoms with Crippen LogP contribution in [0.25, 0.3) is 11.3 Å². The molecule has 0 spiro atoms. The van der Waals surface area contributed by atoms with Crippen molar-refractivity contribution in [3.63, 3.8) is 0 Å². The van der Waals surface area contributed by atoms with Crippen molar-refractivity contribution < 1.29 is 14.1 Å². The molecular formula is C13H11Cl2NO3. The van der Waals surface area contributed by atoms with E-state index in [1.54, 1.807) is 24.3 Å². The first-order valence-corrected chi connectivity index (χ1v) is 6.32. The molecule has 2 aromatic rings. The molecule has 0 radical (unpaired) electrons. The topological polar surface area (TPSA) is 52.3 Å². The standard InChI is InChI=1S/C13H11Cl2NO3/c1-18-7-6-10(17)11-12(16-19-13(11)15)8-2-4-9(14)5-3-8/h2-5H,6-7H2,1H3. The van der Waals surface area contributed by atoms with Crippen LogP contribution in [0.15, 0.2) is 28.8 Å². The molecular weight excluding hydrogens is 289 g/mol. The van der Waals surface area contributed by atoms with E-state index in [4.69, 9.17) is 32.5 Å². The number of aromatic nitrogens is 1. The van der Waals surface area contributed by atoms with Crippen LogP contribution in [0.1, 0.15) is 16.8 Å². The number of rotatable bonds is 5. The molecule has 0 bridgehead atoms. The van der Waals surface area contributed by atoms with Crippen LogP contribution in [-0.2, 0) is 4.74 Å². The summed E-state index contributed by atoms with van der Waals surface area (Å²) in [5.74, 6) is -0.168. The van der Waals surface area contributed by atoms with E-state index in [0.29, 0.717) is 17.3 Å². The number of halogens is 2. The lowest BCUT2D eigenvalue weighted by Crippen LogP contribution is -2.04. The summed E-state index contributed by atoms with van der Waals surface area (Å²) in [4.78, 5) is 12.1. The molecule has 0 aliphatic heterocycles. The van der Waals surface area contributed by atoms with Gasteiger partial charge in [-0.1, -0.05) is 28.9 Å². The lowest BCUT2D eigenvalue weighted by atomic mass is 10.0. The van der Waals surface area contributed by atoms with Crippen molar-refractivity contribution in [1.29, 1.82) is 0 Å². The molecule has 4 nitrogen and oxygen atoms in total. The summed E-state index contributed by atoms with van der Waals surface area (Å²) in [5.41, 5.74) is 1.42. The quantitative estimate of drug-likeness (QED) is 0.787. The number of ether oxygens (including phenoxy) is 1. The first-order chi connectivity index (χ1) is 9.13. The van der Waals surface area contributed by atoms with E-state index in [2.05, 4.69) is 5.16 Å². The van der Waals surface area contributed by atoms with Crippen molar-refractivity contribution >= 4 is 29.0 Å². The largest absolute Gasteiger partial charge is 0.384 e. The van der Waals surface area contributed by atoms with Crippen LogP contribution in [0.4, 0.5) is 0 Å². The first kappa shape index (κ1) is 14.1. The lowest BCUT2D eigenvalue weighted by Gasteiger charge is -2.01. The third kappa shape index (κ3) is 3.15. The summed E-state index contributed by atoms with van der Waals surface area (Å²) in [6, 6.07) is 6.93. The summed E-state index contributed by atoms with van der Waals surface area (Å²) in [6.07, 6.45) is 0.220. The molecule has 19 heavy (non-hydrogen) atoms. The minimum Gasteiger partial charge on any atom is -0.384 e. The van der Waals surface area contributed by atoms with Crippen LogP contribution in [0.3, 0.4) is 0 Å². The summed E-state index contributed by atoms with van der Waals surface area (Å²) < 4.78 is 9.78. The molecule has 0 unspecified atom stereocenters. The summed E-state index contributed by atoms with van der Waals surface area (Å²) in [5, 5.41) is 4.43. The highest BCUT2D eigenvalue weighted by molar-refractivity contribution is 6.33. The first-order valence-electron chi connectivity index (χ1n) is 5.56. The SMILES string of the molecule is COCCC(=O)c1c(-c2ccc(Cl)cc2)noc1Cl. The van der Waals surface area contributed by atoms with Gasteiger partial charge in [0.1, 0.15) is 11.3 Å². The Morgan fingerprint density at radius 2 is 2.00 bits per heavy atom. The predicted molar refractivity (Wildman–Crippen MR) is 72.8 cm³/mol. The van der Waals surface area contributed by atoms with Gasteiger partial charge in [0.2, 0.25) is 5.22 Å². The van der Waals surface area contributed by atoms with E-state index in [0.717, 1.165) is 5.56 Å². The van der Waals surface area contributed by atoms with Gasteiger partial charge in [0.25, 0.3) is 0 Å². The number of ketones is 1. The van der Waals surface area contributed by atoms with Gasteiger partial charge < -0.3 is 9.26 Å². The fourth-order valence-electron chi connectivity index (χ4n) is 1.64. The average molecular weight is 300 g/mol. The zero-order valence-electron chi connectivity index (χ0n) is 10.2. The molecule has 0 saturated carbocycles. The van der Waals surface area contributed by atoms with Gasteiger partial charge in [-0.2, -0.15) is 0 Å². The number of benzene rings is 1. The molecule has 2 rings (SSSR count). The highest BCUT2D eigenvalue weighted by Gasteiger charge is 2.22. The second kappa shape index (κ2) is 6.19. The highest BCUT2D eigenvalue weighted by Crippen LogP contribution is 2.30. The van der Waals surface area contributed by atoms with Crippen LogP contribution < -0.4 is 0 Å². The maximum Gasteiger partial charge on any atom is 0.237 e. The molecule has 0 fully saturated rings. The molecule has 0 aliphatic rings. The highest BCUT2D eigenvalue weighted by atomic mass is 35.5. The molecule has 1 heterocycles. The van der Waals surface area contributed by atoms with Gasteiger partial charge in [0, 0.05) is 24.1 Å². The molecule has 0 atom stereocenters. The third-order valence-electron chi connectivity index (χ3n) is 2.58. The lowest BCUT2D eigenvalue weighted by molar-refractivity contribution is 0.0932. The Labute approximate surface area is 120 Å².